The molecule has 3 aromatic heterocycles. The molecule has 6 rings (SSSR count). The van der Waals surface area contributed by atoms with Crippen molar-refractivity contribution in [2.75, 3.05) is 19.6 Å². The van der Waals surface area contributed by atoms with Crippen molar-refractivity contribution in [3.8, 4) is 22.6 Å². The Morgan fingerprint density at radius 2 is 2.04 bits per heavy atom. The van der Waals surface area contributed by atoms with Crippen molar-refractivity contribution in [3.05, 3.63) is 42.8 Å². The second-order valence-corrected chi connectivity index (χ2v) is 6.86. The minimum Gasteiger partial charge on any atom is -0.462 e. The molecule has 3 aromatic rings. The van der Waals surface area contributed by atoms with Crippen LogP contribution in [0.4, 0.5) is 4.39 Å². The first-order valence-corrected chi connectivity index (χ1v) is 8.61. The molecule has 1 atom stereocenters. The highest BCUT2D eigenvalue weighted by Crippen LogP contribution is 2.36. The largest absolute Gasteiger partial charge is 0.462 e. The molecule has 0 aliphatic carbocycles. The van der Waals surface area contributed by atoms with Crippen molar-refractivity contribution >= 4 is 0 Å². The van der Waals surface area contributed by atoms with Gasteiger partial charge in [0, 0.05) is 23.9 Å². The van der Waals surface area contributed by atoms with Crippen molar-refractivity contribution in [2.45, 2.75) is 18.9 Å². The summed E-state index contributed by atoms with van der Waals surface area (Å²) in [5.41, 5.74) is 2.37. The molecule has 7 heteroatoms. The van der Waals surface area contributed by atoms with E-state index in [0.29, 0.717) is 17.7 Å². The summed E-state index contributed by atoms with van der Waals surface area (Å²) in [6.45, 7) is 3.46. The molecule has 6 nitrogen and oxygen atoms in total. The van der Waals surface area contributed by atoms with Gasteiger partial charge in [0.05, 0.1) is 18.5 Å². The van der Waals surface area contributed by atoms with E-state index in [1.807, 2.05) is 16.9 Å². The number of nitrogens with zero attached hydrogens (tertiary/aromatic N) is 5. The molecule has 3 aliphatic heterocycles. The third kappa shape index (κ3) is 2.64. The van der Waals surface area contributed by atoms with Crippen LogP contribution in [0, 0.1) is 11.9 Å². The Labute approximate surface area is 144 Å². The average molecular weight is 339 g/mol. The number of halogens is 1. The number of aromatic nitrogens is 4. The van der Waals surface area contributed by atoms with E-state index in [-0.39, 0.29) is 0 Å². The summed E-state index contributed by atoms with van der Waals surface area (Å²) in [6.07, 6.45) is 7.58. The first-order valence-electron chi connectivity index (χ1n) is 8.61. The van der Waals surface area contributed by atoms with Crippen LogP contribution in [0.15, 0.2) is 41.3 Å². The standard InChI is InChI=1S/C18H18FN5O/c19-18-2-1-13(8-20-18)14-7-17(25-11-14)15-9-24(22-21-15)16-10-23-5-3-12(16)4-6-23/h1-2,7-9,11-12,16H,3-6,10H2. The van der Waals surface area contributed by atoms with E-state index in [9.17, 15) is 4.39 Å². The molecule has 2 bridgehead atoms. The molecule has 0 amide bonds. The van der Waals surface area contributed by atoms with Gasteiger partial charge >= 0.3 is 0 Å². The molecular formula is C18H18FN5O. The van der Waals surface area contributed by atoms with Crippen LogP contribution >= 0.6 is 0 Å². The van der Waals surface area contributed by atoms with Crippen molar-refractivity contribution in [1.82, 2.24) is 24.9 Å². The summed E-state index contributed by atoms with van der Waals surface area (Å²) in [5, 5.41) is 8.64. The normalized spacial score (nSPS) is 25.4. The predicted molar refractivity (Wildman–Crippen MR) is 89.1 cm³/mol. The minimum absolute atomic E-state index is 0.402. The number of fused-ring (bicyclic) bond motifs is 3. The fourth-order valence-electron chi connectivity index (χ4n) is 3.95. The Kier molecular flexibility index (Phi) is 3.41. The highest BCUT2D eigenvalue weighted by Gasteiger charge is 2.35. The minimum atomic E-state index is -0.493. The molecule has 3 aliphatic rings. The maximum Gasteiger partial charge on any atom is 0.212 e. The van der Waals surface area contributed by atoms with Gasteiger partial charge in [0.2, 0.25) is 5.95 Å². The van der Waals surface area contributed by atoms with Crippen LogP contribution in [0.5, 0.6) is 0 Å². The zero-order valence-corrected chi connectivity index (χ0v) is 13.7. The zero-order chi connectivity index (χ0) is 16.8. The van der Waals surface area contributed by atoms with Crippen molar-refractivity contribution in [2.24, 2.45) is 5.92 Å². The molecule has 25 heavy (non-hydrogen) atoms. The van der Waals surface area contributed by atoms with Gasteiger partial charge in [-0.25, -0.2) is 9.67 Å². The third-order valence-electron chi connectivity index (χ3n) is 5.38. The van der Waals surface area contributed by atoms with E-state index in [2.05, 4.69) is 20.2 Å². The number of rotatable bonds is 3. The lowest BCUT2D eigenvalue weighted by Crippen LogP contribution is -2.48. The van der Waals surface area contributed by atoms with Gasteiger partial charge in [-0.05, 0) is 50.0 Å². The second kappa shape index (κ2) is 5.77. The highest BCUT2D eigenvalue weighted by atomic mass is 19.1. The number of hydrogen-bond acceptors (Lipinski definition) is 5. The molecule has 0 aromatic carbocycles. The van der Waals surface area contributed by atoms with E-state index in [1.165, 1.54) is 38.2 Å². The molecule has 0 spiro atoms. The SMILES string of the molecule is Fc1ccc(-c2coc(-c3cn(C4CN5CCC4CC5)nn3)c2)cn1. The van der Waals surface area contributed by atoms with Crippen LogP contribution in [0.25, 0.3) is 22.6 Å². The Morgan fingerprint density at radius 1 is 1.16 bits per heavy atom. The molecular weight excluding hydrogens is 321 g/mol. The first kappa shape index (κ1) is 14.8. The first-order chi connectivity index (χ1) is 12.3. The van der Waals surface area contributed by atoms with Gasteiger partial charge in [0.25, 0.3) is 0 Å². The van der Waals surface area contributed by atoms with Crippen LogP contribution in [-0.4, -0.2) is 44.5 Å². The number of hydrogen-bond donors (Lipinski definition) is 0. The van der Waals surface area contributed by atoms with Crippen LogP contribution in [-0.2, 0) is 0 Å². The van der Waals surface area contributed by atoms with Gasteiger partial charge < -0.3 is 9.32 Å². The Bertz CT molecular complexity index is 879. The maximum absolute atomic E-state index is 13.0. The smallest absolute Gasteiger partial charge is 0.212 e. The lowest BCUT2D eigenvalue weighted by molar-refractivity contribution is 0.0504. The van der Waals surface area contributed by atoms with E-state index in [4.69, 9.17) is 4.42 Å². The Morgan fingerprint density at radius 3 is 2.76 bits per heavy atom. The Hall–Kier alpha value is -2.54. The average Bonchev–Trinajstić information content (AvgIpc) is 3.33. The molecule has 6 heterocycles. The summed E-state index contributed by atoms with van der Waals surface area (Å²) in [5.74, 6) is 0.858. The second-order valence-electron chi connectivity index (χ2n) is 6.86. The number of furan rings is 1. The molecule has 3 fully saturated rings. The van der Waals surface area contributed by atoms with Crippen molar-refractivity contribution in [1.29, 1.82) is 0 Å². The fourth-order valence-corrected chi connectivity index (χ4v) is 3.95. The molecule has 1 unspecified atom stereocenters. The zero-order valence-electron chi connectivity index (χ0n) is 13.7. The highest BCUT2D eigenvalue weighted by molar-refractivity contribution is 5.67. The van der Waals surface area contributed by atoms with Gasteiger partial charge in [0.1, 0.15) is 5.69 Å². The summed E-state index contributed by atoms with van der Waals surface area (Å²) >= 11 is 0. The molecule has 3 saturated heterocycles. The summed E-state index contributed by atoms with van der Waals surface area (Å²) < 4.78 is 20.6. The van der Waals surface area contributed by atoms with Crippen LogP contribution in [0.2, 0.25) is 0 Å². The molecule has 0 radical (unpaired) electrons. The van der Waals surface area contributed by atoms with Crippen LogP contribution < -0.4 is 0 Å². The molecule has 0 saturated carbocycles. The van der Waals surface area contributed by atoms with Gasteiger partial charge in [-0.2, -0.15) is 4.39 Å². The van der Waals surface area contributed by atoms with Crippen LogP contribution in [0.3, 0.4) is 0 Å². The fraction of sp³-hybridized carbons (Fsp3) is 0.389. The molecule has 0 N–H and O–H groups in total. The van der Waals surface area contributed by atoms with Crippen molar-refractivity contribution in [3.63, 3.8) is 0 Å². The van der Waals surface area contributed by atoms with Gasteiger partial charge in [-0.1, -0.05) is 5.21 Å². The van der Waals surface area contributed by atoms with Crippen molar-refractivity contribution < 1.29 is 8.81 Å². The number of pyridine rings is 1. The van der Waals surface area contributed by atoms with E-state index < -0.39 is 5.95 Å². The van der Waals surface area contributed by atoms with E-state index in [0.717, 1.165) is 23.4 Å². The van der Waals surface area contributed by atoms with Crippen LogP contribution in [0.1, 0.15) is 18.9 Å². The topological polar surface area (TPSA) is 60.0 Å². The number of piperidine rings is 3. The molecule has 128 valence electrons. The predicted octanol–water partition coefficient (Wildman–Crippen LogP) is 3.01. The summed E-state index contributed by atoms with van der Waals surface area (Å²) in [4.78, 5) is 6.18. The summed E-state index contributed by atoms with van der Waals surface area (Å²) in [6, 6.07) is 5.31. The quantitative estimate of drug-likeness (QED) is 0.687. The lowest BCUT2D eigenvalue weighted by Gasteiger charge is -2.44. The maximum atomic E-state index is 13.0. The van der Waals surface area contributed by atoms with Gasteiger partial charge in [-0.15, -0.1) is 5.10 Å². The Balaban J connectivity index is 1.40. The van der Waals surface area contributed by atoms with Gasteiger partial charge in [0.15, 0.2) is 5.76 Å². The lowest BCUT2D eigenvalue weighted by atomic mass is 9.84. The third-order valence-corrected chi connectivity index (χ3v) is 5.38. The van der Waals surface area contributed by atoms with Gasteiger partial charge in [-0.3, -0.25) is 0 Å². The monoisotopic (exact) mass is 339 g/mol. The van der Waals surface area contributed by atoms with E-state index in [1.54, 1.807) is 12.3 Å². The van der Waals surface area contributed by atoms with E-state index >= 15 is 0 Å². The summed E-state index contributed by atoms with van der Waals surface area (Å²) in [7, 11) is 0.